The van der Waals surface area contributed by atoms with Gasteiger partial charge in [-0.25, -0.2) is 4.79 Å². The zero-order valence-corrected chi connectivity index (χ0v) is 17.2. The van der Waals surface area contributed by atoms with Crippen LogP contribution in [0.2, 0.25) is 5.02 Å². The molecule has 164 valence electrons. The van der Waals surface area contributed by atoms with Crippen LogP contribution < -0.4 is 20.1 Å². The van der Waals surface area contributed by atoms with E-state index < -0.39 is 36.5 Å². The average Bonchev–Trinajstić information content (AvgIpc) is 2.94. The maximum absolute atomic E-state index is 12.9. The number of nitrogens with zero attached hydrogens (tertiary/aromatic N) is 1. The predicted molar refractivity (Wildman–Crippen MR) is 107 cm³/mol. The number of ether oxygens (including phenoxy) is 2. The summed E-state index contributed by atoms with van der Waals surface area (Å²) in [5.74, 6) is -0.944. The van der Waals surface area contributed by atoms with E-state index in [1.165, 1.54) is 32.2 Å². The summed E-state index contributed by atoms with van der Waals surface area (Å²) in [7, 11) is 1.51. The zero-order valence-electron chi connectivity index (χ0n) is 16.4. The summed E-state index contributed by atoms with van der Waals surface area (Å²) in [5, 5.41) is 4.91. The Balaban J connectivity index is 1.69. The molecule has 1 atom stereocenters. The van der Waals surface area contributed by atoms with Gasteiger partial charge in [0.05, 0.1) is 12.1 Å². The molecule has 3 rings (SSSR count). The Bertz CT molecular complexity index is 1020. The Labute approximate surface area is 181 Å². The van der Waals surface area contributed by atoms with Gasteiger partial charge in [-0.1, -0.05) is 23.7 Å². The summed E-state index contributed by atoms with van der Waals surface area (Å²) in [6.07, 6.45) is 0. The number of rotatable bonds is 7. The molecular weight excluding hydrogens is 436 g/mol. The maximum atomic E-state index is 12.9. The van der Waals surface area contributed by atoms with Gasteiger partial charge in [0.1, 0.15) is 23.6 Å². The molecule has 1 saturated heterocycles. The first kappa shape index (κ1) is 22.3. The number of benzene rings is 2. The van der Waals surface area contributed by atoms with Gasteiger partial charge in [0.2, 0.25) is 5.91 Å². The normalized spacial score (nSPS) is 18.2. The topological polar surface area (TPSA) is 97.0 Å². The van der Waals surface area contributed by atoms with Crippen LogP contribution in [-0.4, -0.2) is 43.0 Å². The lowest BCUT2D eigenvalue weighted by Gasteiger charge is -2.22. The van der Waals surface area contributed by atoms with Gasteiger partial charge in [-0.05, 0) is 42.8 Å². The molecule has 2 aromatic rings. The second-order valence-corrected chi connectivity index (χ2v) is 7.15. The molecule has 11 heteroatoms. The van der Waals surface area contributed by atoms with Crippen molar-refractivity contribution in [2.45, 2.75) is 19.1 Å². The maximum Gasteiger partial charge on any atom is 0.387 e. The minimum absolute atomic E-state index is 0.139. The minimum atomic E-state index is -3.04. The first-order valence-corrected chi connectivity index (χ1v) is 9.34. The van der Waals surface area contributed by atoms with E-state index in [-0.39, 0.29) is 16.5 Å². The molecule has 4 amide bonds. The van der Waals surface area contributed by atoms with E-state index in [1.807, 2.05) is 0 Å². The Morgan fingerprint density at radius 3 is 2.48 bits per heavy atom. The van der Waals surface area contributed by atoms with Crippen molar-refractivity contribution in [1.29, 1.82) is 0 Å². The third-order valence-electron chi connectivity index (χ3n) is 4.68. The van der Waals surface area contributed by atoms with Crippen molar-refractivity contribution in [3.05, 3.63) is 53.1 Å². The van der Waals surface area contributed by atoms with E-state index in [9.17, 15) is 23.2 Å². The summed E-state index contributed by atoms with van der Waals surface area (Å²) < 4.78 is 33.9. The summed E-state index contributed by atoms with van der Waals surface area (Å²) in [5.41, 5.74) is -0.640. The SMILES string of the molecule is COc1ccc(C2(C)NC(=O)N(CC(=O)Nc3ccc(OC(F)F)c(Cl)c3)C2=O)cc1. The Morgan fingerprint density at radius 1 is 1.23 bits per heavy atom. The molecule has 1 aliphatic heterocycles. The number of halogens is 3. The van der Waals surface area contributed by atoms with Crippen molar-refractivity contribution in [3.8, 4) is 11.5 Å². The number of hydrogen-bond donors (Lipinski definition) is 2. The van der Waals surface area contributed by atoms with Crippen LogP contribution >= 0.6 is 11.6 Å². The van der Waals surface area contributed by atoms with Crippen molar-refractivity contribution in [2.24, 2.45) is 0 Å². The predicted octanol–water partition coefficient (Wildman–Crippen LogP) is 3.36. The van der Waals surface area contributed by atoms with Crippen LogP contribution in [0.5, 0.6) is 11.5 Å². The van der Waals surface area contributed by atoms with E-state index in [1.54, 1.807) is 24.3 Å². The number of nitrogens with one attached hydrogen (secondary N) is 2. The fraction of sp³-hybridized carbons (Fsp3) is 0.250. The van der Waals surface area contributed by atoms with Crippen LogP contribution in [0.1, 0.15) is 12.5 Å². The fourth-order valence-corrected chi connectivity index (χ4v) is 3.30. The Hall–Kier alpha value is -3.40. The smallest absolute Gasteiger partial charge is 0.387 e. The molecule has 0 aromatic heterocycles. The standard InChI is InChI=1S/C20H18ClF2N3O5/c1-20(11-3-6-13(30-2)7-4-11)17(28)26(19(29)25-20)10-16(27)24-12-5-8-15(14(21)9-12)31-18(22)23/h3-9,18H,10H2,1-2H3,(H,24,27)(H,25,29). The summed E-state index contributed by atoms with van der Waals surface area (Å²) in [6, 6.07) is 9.55. The summed E-state index contributed by atoms with van der Waals surface area (Å²) >= 11 is 5.85. The molecule has 31 heavy (non-hydrogen) atoms. The van der Waals surface area contributed by atoms with Crippen LogP contribution in [0, 0.1) is 0 Å². The number of hydrogen-bond acceptors (Lipinski definition) is 5. The largest absolute Gasteiger partial charge is 0.497 e. The van der Waals surface area contributed by atoms with E-state index in [4.69, 9.17) is 16.3 Å². The van der Waals surface area contributed by atoms with Gasteiger partial charge in [-0.15, -0.1) is 0 Å². The molecule has 0 spiro atoms. The number of methoxy groups -OCH3 is 1. The molecule has 2 N–H and O–H groups in total. The van der Waals surface area contributed by atoms with E-state index in [0.717, 1.165) is 4.90 Å². The highest BCUT2D eigenvalue weighted by atomic mass is 35.5. The minimum Gasteiger partial charge on any atom is -0.497 e. The van der Waals surface area contributed by atoms with Gasteiger partial charge >= 0.3 is 12.6 Å². The number of anilines is 1. The molecule has 0 bridgehead atoms. The Kier molecular flexibility index (Phi) is 6.30. The van der Waals surface area contributed by atoms with Gasteiger partial charge in [-0.2, -0.15) is 8.78 Å². The number of imide groups is 1. The highest BCUT2D eigenvalue weighted by Gasteiger charge is 2.49. The quantitative estimate of drug-likeness (QED) is 0.627. The molecule has 8 nitrogen and oxygen atoms in total. The first-order valence-electron chi connectivity index (χ1n) is 8.97. The number of carbonyl (C=O) groups is 3. The van der Waals surface area contributed by atoms with Crippen LogP contribution in [0.15, 0.2) is 42.5 Å². The first-order chi connectivity index (χ1) is 14.6. The molecule has 1 heterocycles. The van der Waals surface area contributed by atoms with Crippen molar-refractivity contribution in [1.82, 2.24) is 10.2 Å². The van der Waals surface area contributed by atoms with Gasteiger partial charge in [0.25, 0.3) is 5.91 Å². The second-order valence-electron chi connectivity index (χ2n) is 6.75. The van der Waals surface area contributed by atoms with Crippen molar-refractivity contribution in [2.75, 3.05) is 19.0 Å². The van der Waals surface area contributed by atoms with Crippen LogP contribution in [0.4, 0.5) is 19.3 Å². The summed E-state index contributed by atoms with van der Waals surface area (Å²) in [4.78, 5) is 38.4. The van der Waals surface area contributed by atoms with E-state index >= 15 is 0 Å². The third kappa shape index (κ3) is 4.69. The van der Waals surface area contributed by atoms with E-state index in [2.05, 4.69) is 15.4 Å². The van der Waals surface area contributed by atoms with Gasteiger partial charge in [0.15, 0.2) is 0 Å². The van der Waals surface area contributed by atoms with Crippen molar-refractivity contribution in [3.63, 3.8) is 0 Å². The molecule has 1 aliphatic rings. The average molecular weight is 454 g/mol. The Morgan fingerprint density at radius 2 is 1.90 bits per heavy atom. The van der Waals surface area contributed by atoms with Crippen LogP contribution in [0.3, 0.4) is 0 Å². The van der Waals surface area contributed by atoms with Gasteiger partial charge in [-0.3, -0.25) is 14.5 Å². The van der Waals surface area contributed by atoms with Crippen molar-refractivity contribution < 1.29 is 32.6 Å². The molecule has 1 unspecified atom stereocenters. The monoisotopic (exact) mass is 453 g/mol. The molecule has 0 aliphatic carbocycles. The fourth-order valence-electron chi connectivity index (χ4n) is 3.07. The van der Waals surface area contributed by atoms with Gasteiger partial charge < -0.3 is 20.1 Å². The lowest BCUT2D eigenvalue weighted by Crippen LogP contribution is -2.42. The van der Waals surface area contributed by atoms with Crippen LogP contribution in [0.25, 0.3) is 0 Å². The lowest BCUT2D eigenvalue weighted by molar-refractivity contribution is -0.133. The summed E-state index contributed by atoms with van der Waals surface area (Å²) in [6.45, 7) is -2.06. The van der Waals surface area contributed by atoms with Crippen molar-refractivity contribution >= 4 is 35.1 Å². The number of urea groups is 1. The van der Waals surface area contributed by atoms with Crippen LogP contribution in [-0.2, 0) is 15.1 Å². The molecule has 2 aromatic carbocycles. The molecule has 0 radical (unpaired) electrons. The lowest BCUT2D eigenvalue weighted by atomic mass is 9.92. The highest BCUT2D eigenvalue weighted by Crippen LogP contribution is 2.31. The highest BCUT2D eigenvalue weighted by molar-refractivity contribution is 6.32. The second kappa shape index (κ2) is 8.76. The number of alkyl halides is 2. The molecular formula is C20H18ClF2N3O5. The number of carbonyl (C=O) groups excluding carboxylic acids is 3. The van der Waals surface area contributed by atoms with E-state index in [0.29, 0.717) is 11.3 Å². The zero-order chi connectivity index (χ0) is 22.8. The molecule has 0 saturated carbocycles. The third-order valence-corrected chi connectivity index (χ3v) is 4.97. The number of amides is 4. The molecule has 1 fully saturated rings. The van der Waals surface area contributed by atoms with Gasteiger partial charge in [0, 0.05) is 5.69 Å².